The van der Waals surface area contributed by atoms with Gasteiger partial charge in [-0.1, -0.05) is 20.4 Å². The van der Waals surface area contributed by atoms with Crippen molar-refractivity contribution < 1.29 is 4.39 Å². The van der Waals surface area contributed by atoms with Gasteiger partial charge in [-0.2, -0.15) is 0 Å². The third-order valence-corrected chi connectivity index (χ3v) is 4.43. The highest BCUT2D eigenvalue weighted by atomic mass is 19.1. The number of aromatic nitrogens is 2. The fourth-order valence-corrected chi connectivity index (χ4v) is 3.10. The van der Waals surface area contributed by atoms with Crippen molar-refractivity contribution in [2.45, 2.75) is 40.2 Å². The molecule has 1 aliphatic rings. The van der Waals surface area contributed by atoms with Crippen molar-refractivity contribution in [3.8, 4) is 0 Å². The molecule has 23 heavy (non-hydrogen) atoms. The normalized spacial score (nSPS) is 17.1. The highest BCUT2D eigenvalue weighted by Crippen LogP contribution is 2.30. The maximum atomic E-state index is 14.8. The molecule has 3 rings (SSSR count). The minimum atomic E-state index is -0.490. The largest absolute Gasteiger partial charge is 0.296 e. The van der Waals surface area contributed by atoms with E-state index in [4.69, 9.17) is 0 Å². The second kappa shape index (κ2) is 5.41. The van der Waals surface area contributed by atoms with E-state index in [1.54, 1.807) is 23.6 Å². The molecule has 4 nitrogen and oxygen atoms in total. The van der Waals surface area contributed by atoms with E-state index < -0.39 is 5.82 Å². The van der Waals surface area contributed by atoms with Gasteiger partial charge in [-0.05, 0) is 30.9 Å². The molecular weight excluding hydrogens is 293 g/mol. The lowest BCUT2D eigenvalue weighted by Gasteiger charge is -2.31. The van der Waals surface area contributed by atoms with E-state index in [1.165, 1.54) is 6.20 Å². The Morgan fingerprint density at radius 3 is 2.91 bits per heavy atom. The SMILES string of the molecule is C=CN=C(C)c1ccc2c(=O)n3c(nc2c1F)CCC(C)(C)C3. The summed E-state index contributed by atoms with van der Waals surface area (Å²) in [6, 6.07) is 3.23. The minimum absolute atomic E-state index is 0.0534. The maximum absolute atomic E-state index is 14.8. The van der Waals surface area contributed by atoms with Crippen LogP contribution >= 0.6 is 0 Å². The molecule has 0 atom stereocenters. The Morgan fingerprint density at radius 1 is 1.48 bits per heavy atom. The number of aryl methyl sites for hydroxylation is 1. The summed E-state index contributed by atoms with van der Waals surface area (Å²) in [5, 5.41) is 0.319. The Bertz CT molecular complexity index is 893. The van der Waals surface area contributed by atoms with Crippen LogP contribution in [0.15, 0.2) is 34.7 Å². The van der Waals surface area contributed by atoms with Crippen molar-refractivity contribution in [3.05, 3.63) is 52.5 Å². The number of hydrogen-bond donors (Lipinski definition) is 0. The Morgan fingerprint density at radius 2 is 2.22 bits per heavy atom. The second-order valence-electron chi connectivity index (χ2n) is 6.80. The summed E-state index contributed by atoms with van der Waals surface area (Å²) in [5.41, 5.74) is 0.891. The van der Waals surface area contributed by atoms with Crippen LogP contribution in [0.25, 0.3) is 10.9 Å². The highest BCUT2D eigenvalue weighted by Gasteiger charge is 2.28. The zero-order chi connectivity index (χ0) is 16.8. The van der Waals surface area contributed by atoms with Gasteiger partial charge in [0.15, 0.2) is 5.82 Å². The Balaban J connectivity index is 2.27. The van der Waals surface area contributed by atoms with Gasteiger partial charge in [0.1, 0.15) is 11.3 Å². The fourth-order valence-electron chi connectivity index (χ4n) is 3.10. The molecule has 0 aliphatic carbocycles. The molecule has 0 unspecified atom stereocenters. The van der Waals surface area contributed by atoms with E-state index >= 15 is 0 Å². The molecule has 0 bridgehead atoms. The van der Waals surface area contributed by atoms with Crippen LogP contribution in [0.2, 0.25) is 0 Å². The van der Waals surface area contributed by atoms with E-state index in [9.17, 15) is 9.18 Å². The number of nitrogens with zero attached hydrogens (tertiary/aromatic N) is 3. The number of fused-ring (bicyclic) bond motifs is 2. The van der Waals surface area contributed by atoms with Crippen molar-refractivity contribution in [3.63, 3.8) is 0 Å². The van der Waals surface area contributed by atoms with Crippen LogP contribution in [-0.2, 0) is 13.0 Å². The van der Waals surface area contributed by atoms with Gasteiger partial charge in [0.25, 0.3) is 5.56 Å². The van der Waals surface area contributed by atoms with E-state index in [2.05, 4.69) is 30.4 Å². The molecule has 0 radical (unpaired) electrons. The minimum Gasteiger partial charge on any atom is -0.296 e. The molecule has 0 saturated carbocycles. The lowest BCUT2D eigenvalue weighted by Crippen LogP contribution is -2.36. The number of halogens is 1. The zero-order valence-electron chi connectivity index (χ0n) is 13.7. The van der Waals surface area contributed by atoms with E-state index in [-0.39, 0.29) is 16.5 Å². The number of hydrogen-bond acceptors (Lipinski definition) is 3. The number of aliphatic imine (C=N–C) groups is 1. The predicted octanol–water partition coefficient (Wildman–Crippen LogP) is 3.46. The molecular formula is C18H20FN3O. The molecule has 1 aromatic carbocycles. The van der Waals surface area contributed by atoms with Crippen LogP contribution in [0.4, 0.5) is 4.39 Å². The Kier molecular flexibility index (Phi) is 3.66. The monoisotopic (exact) mass is 313 g/mol. The quantitative estimate of drug-likeness (QED) is 0.797. The Hall–Kier alpha value is -2.30. The predicted molar refractivity (Wildman–Crippen MR) is 90.5 cm³/mol. The van der Waals surface area contributed by atoms with Gasteiger partial charge in [0, 0.05) is 30.4 Å². The Labute approximate surface area is 134 Å². The van der Waals surface area contributed by atoms with Gasteiger partial charge >= 0.3 is 0 Å². The molecule has 0 fully saturated rings. The molecule has 2 aromatic rings. The van der Waals surface area contributed by atoms with E-state index in [0.717, 1.165) is 6.42 Å². The van der Waals surface area contributed by atoms with Crippen LogP contribution in [0.3, 0.4) is 0 Å². The first-order chi connectivity index (χ1) is 10.8. The summed E-state index contributed by atoms with van der Waals surface area (Å²) < 4.78 is 16.5. The lowest BCUT2D eigenvalue weighted by atomic mass is 9.85. The summed E-state index contributed by atoms with van der Waals surface area (Å²) >= 11 is 0. The van der Waals surface area contributed by atoms with Crippen molar-refractivity contribution in [2.24, 2.45) is 10.4 Å². The molecule has 1 aromatic heterocycles. The fraction of sp³-hybridized carbons (Fsp3) is 0.389. The van der Waals surface area contributed by atoms with Crippen LogP contribution in [-0.4, -0.2) is 15.3 Å². The summed E-state index contributed by atoms with van der Waals surface area (Å²) in [7, 11) is 0. The molecule has 0 amide bonds. The number of benzene rings is 1. The first-order valence-electron chi connectivity index (χ1n) is 7.72. The standard InChI is InChI=1S/C18H20FN3O/c1-5-20-11(2)12-6-7-13-16(15(12)19)21-14-8-9-18(3,4)10-22(14)17(13)23/h5-7H,1,8-10H2,2-4H3. The van der Waals surface area contributed by atoms with Crippen molar-refractivity contribution in [2.75, 3.05) is 0 Å². The van der Waals surface area contributed by atoms with Gasteiger partial charge in [-0.3, -0.25) is 14.4 Å². The van der Waals surface area contributed by atoms with Crippen LogP contribution < -0.4 is 5.56 Å². The lowest BCUT2D eigenvalue weighted by molar-refractivity contribution is 0.240. The van der Waals surface area contributed by atoms with Crippen molar-refractivity contribution >= 4 is 16.6 Å². The highest BCUT2D eigenvalue weighted by molar-refractivity contribution is 6.02. The van der Waals surface area contributed by atoms with Gasteiger partial charge in [0.05, 0.1) is 5.39 Å². The van der Waals surface area contributed by atoms with Gasteiger partial charge in [0.2, 0.25) is 0 Å². The average molecular weight is 313 g/mol. The van der Waals surface area contributed by atoms with Crippen molar-refractivity contribution in [1.29, 1.82) is 0 Å². The molecule has 0 spiro atoms. The molecule has 1 aliphatic heterocycles. The summed E-state index contributed by atoms with van der Waals surface area (Å²) in [6.45, 7) is 10.1. The molecule has 0 saturated heterocycles. The maximum Gasteiger partial charge on any atom is 0.261 e. The third kappa shape index (κ3) is 2.60. The van der Waals surface area contributed by atoms with Gasteiger partial charge in [-0.15, -0.1) is 0 Å². The van der Waals surface area contributed by atoms with E-state index in [1.807, 2.05) is 0 Å². The van der Waals surface area contributed by atoms with Gasteiger partial charge in [-0.25, -0.2) is 9.37 Å². The van der Waals surface area contributed by atoms with E-state index in [0.29, 0.717) is 35.5 Å². The first-order valence-corrected chi connectivity index (χ1v) is 7.72. The molecule has 5 heteroatoms. The molecule has 120 valence electrons. The summed E-state index contributed by atoms with van der Waals surface area (Å²) in [4.78, 5) is 21.2. The second-order valence-corrected chi connectivity index (χ2v) is 6.80. The van der Waals surface area contributed by atoms with Crippen LogP contribution in [0.1, 0.15) is 38.6 Å². The summed E-state index contributed by atoms with van der Waals surface area (Å²) in [5.74, 6) is 0.173. The van der Waals surface area contributed by atoms with Crippen LogP contribution in [0, 0.1) is 11.2 Å². The van der Waals surface area contributed by atoms with Crippen LogP contribution in [0.5, 0.6) is 0 Å². The first kappa shape index (κ1) is 15.6. The zero-order valence-corrected chi connectivity index (χ0v) is 13.7. The summed E-state index contributed by atoms with van der Waals surface area (Å²) in [6.07, 6.45) is 2.99. The molecule has 0 N–H and O–H groups in total. The number of rotatable bonds is 2. The average Bonchev–Trinajstić information content (AvgIpc) is 2.49. The smallest absolute Gasteiger partial charge is 0.261 e. The third-order valence-electron chi connectivity index (χ3n) is 4.43. The van der Waals surface area contributed by atoms with Crippen molar-refractivity contribution in [1.82, 2.24) is 9.55 Å². The molecule has 2 heterocycles. The van der Waals surface area contributed by atoms with Gasteiger partial charge < -0.3 is 0 Å². The topological polar surface area (TPSA) is 47.2 Å².